The number of benzene rings is 1. The Kier molecular flexibility index (Phi) is 5.66. The maximum absolute atomic E-state index is 14.0. The molecule has 1 amide bonds. The van der Waals surface area contributed by atoms with Crippen molar-refractivity contribution in [2.24, 2.45) is 5.92 Å². The van der Waals surface area contributed by atoms with E-state index in [1.807, 2.05) is 24.4 Å². The maximum Gasteiger partial charge on any atom is 0.253 e. The van der Waals surface area contributed by atoms with Gasteiger partial charge in [-0.25, -0.2) is 4.39 Å². The van der Waals surface area contributed by atoms with Crippen molar-refractivity contribution in [2.45, 2.75) is 63.7 Å². The summed E-state index contributed by atoms with van der Waals surface area (Å²) in [4.78, 5) is 13.0. The van der Waals surface area contributed by atoms with E-state index in [0.29, 0.717) is 41.9 Å². The van der Waals surface area contributed by atoms with Gasteiger partial charge in [-0.05, 0) is 70.0 Å². The minimum absolute atomic E-state index is 0.0928. The van der Waals surface area contributed by atoms with Crippen LogP contribution in [0.5, 0.6) is 0 Å². The first-order chi connectivity index (χ1) is 13.4. The molecule has 1 aliphatic heterocycles. The van der Waals surface area contributed by atoms with Crippen LogP contribution in [0.3, 0.4) is 0 Å². The molecule has 2 N–H and O–H groups in total. The lowest BCUT2D eigenvalue weighted by molar-refractivity contribution is 0.0894. The first-order valence-corrected chi connectivity index (χ1v) is 10.8. The normalized spacial score (nSPS) is 28.0. The van der Waals surface area contributed by atoms with Gasteiger partial charge in [-0.2, -0.15) is 0 Å². The van der Waals surface area contributed by atoms with Crippen LogP contribution in [-0.2, 0) is 6.54 Å². The Morgan fingerprint density at radius 2 is 2.14 bits per heavy atom. The summed E-state index contributed by atoms with van der Waals surface area (Å²) in [5, 5.41) is 8.01. The number of alkyl halides is 1. The molecule has 2 aliphatic rings. The summed E-state index contributed by atoms with van der Waals surface area (Å²) in [6, 6.07) is 6.22. The third-order valence-corrected chi connectivity index (χ3v) is 6.69. The molecule has 152 valence electrons. The van der Waals surface area contributed by atoms with E-state index in [2.05, 4.69) is 15.2 Å². The third kappa shape index (κ3) is 4.20. The van der Waals surface area contributed by atoms with E-state index in [4.69, 9.17) is 11.6 Å². The molecule has 28 heavy (non-hydrogen) atoms. The molecule has 1 saturated heterocycles. The van der Waals surface area contributed by atoms with E-state index in [1.165, 1.54) is 6.42 Å². The van der Waals surface area contributed by atoms with Crippen LogP contribution in [0.4, 0.5) is 4.39 Å². The second-order valence-electron chi connectivity index (χ2n) is 8.69. The Morgan fingerprint density at radius 3 is 2.86 bits per heavy atom. The van der Waals surface area contributed by atoms with Crippen molar-refractivity contribution in [3.8, 4) is 0 Å². The highest BCUT2D eigenvalue weighted by Gasteiger charge is 2.31. The fourth-order valence-corrected chi connectivity index (χ4v) is 4.87. The highest BCUT2D eigenvalue weighted by molar-refractivity contribution is 6.36. The van der Waals surface area contributed by atoms with Crippen LogP contribution in [0.25, 0.3) is 10.9 Å². The van der Waals surface area contributed by atoms with Crippen molar-refractivity contribution >= 4 is 28.4 Å². The van der Waals surface area contributed by atoms with Crippen molar-refractivity contribution in [3.63, 3.8) is 0 Å². The monoisotopic (exact) mass is 405 g/mol. The van der Waals surface area contributed by atoms with Crippen molar-refractivity contribution in [3.05, 3.63) is 35.0 Å². The molecule has 4 nitrogen and oxygen atoms in total. The van der Waals surface area contributed by atoms with E-state index < -0.39 is 5.67 Å². The molecule has 0 bridgehead atoms. The third-order valence-electron chi connectivity index (χ3n) is 6.38. The second kappa shape index (κ2) is 8.03. The van der Waals surface area contributed by atoms with Crippen LogP contribution in [0.15, 0.2) is 24.4 Å². The van der Waals surface area contributed by atoms with Gasteiger partial charge in [-0.15, -0.1) is 0 Å². The molecule has 2 heterocycles. The molecule has 2 aromatic rings. The average molecular weight is 406 g/mol. The quantitative estimate of drug-likeness (QED) is 0.757. The number of halogens is 2. The van der Waals surface area contributed by atoms with Crippen molar-refractivity contribution < 1.29 is 9.18 Å². The lowest BCUT2D eigenvalue weighted by atomic mass is 9.81. The molecule has 1 aromatic carbocycles. The van der Waals surface area contributed by atoms with Crippen LogP contribution in [0.2, 0.25) is 5.02 Å². The fraction of sp³-hybridized carbons (Fsp3) is 0.591. The number of carbonyl (C=O) groups is 1. The molecule has 1 aliphatic carbocycles. The smallest absolute Gasteiger partial charge is 0.253 e. The van der Waals surface area contributed by atoms with Crippen LogP contribution >= 0.6 is 11.6 Å². The zero-order chi connectivity index (χ0) is 19.7. The van der Waals surface area contributed by atoms with Gasteiger partial charge < -0.3 is 15.2 Å². The lowest BCUT2D eigenvalue weighted by Gasteiger charge is -2.31. The average Bonchev–Trinajstić information content (AvgIpc) is 3.30. The largest absolute Gasteiger partial charge is 0.352 e. The van der Waals surface area contributed by atoms with Crippen LogP contribution in [0, 0.1) is 5.92 Å². The Morgan fingerprint density at radius 1 is 1.36 bits per heavy atom. The number of hydrogen-bond acceptors (Lipinski definition) is 2. The Balaban J connectivity index is 1.50. The van der Waals surface area contributed by atoms with Gasteiger partial charge in [-0.3, -0.25) is 4.79 Å². The van der Waals surface area contributed by atoms with Gasteiger partial charge in [0, 0.05) is 30.7 Å². The maximum atomic E-state index is 14.0. The van der Waals surface area contributed by atoms with E-state index in [9.17, 15) is 9.18 Å². The zero-order valence-corrected chi connectivity index (χ0v) is 17.2. The molecule has 0 spiro atoms. The van der Waals surface area contributed by atoms with Crippen molar-refractivity contribution in [1.29, 1.82) is 0 Å². The first kappa shape index (κ1) is 19.7. The minimum atomic E-state index is -1.05. The number of carbonyl (C=O) groups excluding carboxylic acids is 1. The summed E-state index contributed by atoms with van der Waals surface area (Å²) in [7, 11) is 0. The van der Waals surface area contributed by atoms with Crippen LogP contribution in [0.1, 0.15) is 55.8 Å². The second-order valence-corrected chi connectivity index (χ2v) is 9.10. The summed E-state index contributed by atoms with van der Waals surface area (Å²) in [5.74, 6) is 0.254. The lowest BCUT2D eigenvalue weighted by Crippen LogP contribution is -2.34. The van der Waals surface area contributed by atoms with Crippen LogP contribution < -0.4 is 10.6 Å². The standard InChI is InChI=1S/C22H29ClFN3O/c1-22(24)9-7-15(8-10-22)12-26-21(28)17-14-27(13-16-4-3-11-25-16)19-6-2-5-18(23)20(17)19/h2,5-6,14-16,25H,3-4,7-13H2,1H3,(H,26,28)/t15?,16-,22?/m1/s1. The van der Waals surface area contributed by atoms with Crippen LogP contribution in [-0.4, -0.2) is 35.3 Å². The molecule has 2 fully saturated rings. The molecule has 1 aromatic heterocycles. The Hall–Kier alpha value is -1.59. The number of amides is 1. The van der Waals surface area contributed by atoms with Gasteiger partial charge in [0.1, 0.15) is 5.67 Å². The molecule has 1 atom stereocenters. The van der Waals surface area contributed by atoms with Gasteiger partial charge in [0.2, 0.25) is 0 Å². The van der Waals surface area contributed by atoms with Gasteiger partial charge in [0.05, 0.1) is 16.1 Å². The zero-order valence-electron chi connectivity index (χ0n) is 16.4. The first-order valence-electron chi connectivity index (χ1n) is 10.4. The number of hydrogen-bond donors (Lipinski definition) is 2. The van der Waals surface area contributed by atoms with Gasteiger partial charge in [0.15, 0.2) is 0 Å². The highest BCUT2D eigenvalue weighted by Crippen LogP contribution is 2.34. The minimum Gasteiger partial charge on any atom is -0.352 e. The van der Waals surface area contributed by atoms with Crippen molar-refractivity contribution in [1.82, 2.24) is 15.2 Å². The Bertz CT molecular complexity index is 847. The van der Waals surface area contributed by atoms with Gasteiger partial charge >= 0.3 is 0 Å². The summed E-state index contributed by atoms with van der Waals surface area (Å²) in [5.41, 5.74) is 0.581. The number of fused-ring (bicyclic) bond motifs is 1. The summed E-state index contributed by atoms with van der Waals surface area (Å²) in [6.45, 7) is 4.16. The van der Waals surface area contributed by atoms with Gasteiger partial charge in [0.25, 0.3) is 5.91 Å². The number of nitrogens with one attached hydrogen (secondary N) is 2. The Labute approximate surface area is 170 Å². The molecular formula is C22H29ClFN3O. The predicted molar refractivity (Wildman–Crippen MR) is 112 cm³/mol. The molecule has 6 heteroatoms. The van der Waals surface area contributed by atoms with E-state index >= 15 is 0 Å². The topological polar surface area (TPSA) is 46.1 Å². The number of nitrogens with zero attached hydrogens (tertiary/aromatic N) is 1. The molecule has 0 unspecified atom stereocenters. The number of aromatic nitrogens is 1. The highest BCUT2D eigenvalue weighted by atomic mass is 35.5. The molecule has 1 saturated carbocycles. The van der Waals surface area contributed by atoms with Crippen molar-refractivity contribution in [2.75, 3.05) is 13.1 Å². The summed E-state index contributed by atoms with van der Waals surface area (Å²) in [6.07, 6.45) is 7.08. The molecular weight excluding hydrogens is 377 g/mol. The van der Waals surface area contributed by atoms with E-state index in [-0.39, 0.29) is 5.91 Å². The fourth-order valence-electron chi connectivity index (χ4n) is 4.60. The number of rotatable bonds is 5. The van der Waals surface area contributed by atoms with Gasteiger partial charge in [-0.1, -0.05) is 17.7 Å². The SMILES string of the molecule is CC1(F)CCC(CNC(=O)c2cn(C[C@H]3CCCN3)c3cccc(Cl)c23)CC1. The summed E-state index contributed by atoms with van der Waals surface area (Å²) < 4.78 is 16.1. The van der Waals surface area contributed by atoms with E-state index in [1.54, 1.807) is 6.92 Å². The van der Waals surface area contributed by atoms with E-state index in [0.717, 1.165) is 43.3 Å². The molecule has 4 rings (SSSR count). The molecule has 0 radical (unpaired) electrons. The summed E-state index contributed by atoms with van der Waals surface area (Å²) >= 11 is 6.47. The predicted octanol–water partition coefficient (Wildman–Crippen LogP) is 4.69.